The minimum atomic E-state index is -0.552. The van der Waals surface area contributed by atoms with E-state index in [1.165, 1.54) is 0 Å². The summed E-state index contributed by atoms with van der Waals surface area (Å²) in [5.41, 5.74) is 5.62. The van der Waals surface area contributed by atoms with Crippen molar-refractivity contribution in [1.29, 1.82) is 0 Å². The zero-order valence-electron chi connectivity index (χ0n) is 24.2. The van der Waals surface area contributed by atoms with Gasteiger partial charge in [-0.3, -0.25) is 4.79 Å². The van der Waals surface area contributed by atoms with Crippen molar-refractivity contribution in [3.8, 4) is 11.5 Å². The third-order valence-electron chi connectivity index (χ3n) is 7.88. The van der Waals surface area contributed by atoms with Crippen molar-refractivity contribution < 1.29 is 14.3 Å². The molecule has 0 fully saturated rings. The molecule has 2 unspecified atom stereocenters. The average Bonchev–Trinajstić information content (AvgIpc) is 3.58. The number of benzene rings is 5. The van der Waals surface area contributed by atoms with Crippen LogP contribution in [0.4, 0.5) is 5.69 Å². The maximum atomic E-state index is 13.6. The fraction of sp³-hybridized carbons (Fsp3) is 0.0789. The number of amides is 1. The van der Waals surface area contributed by atoms with Gasteiger partial charge in [-0.2, -0.15) is 0 Å². The summed E-state index contributed by atoms with van der Waals surface area (Å²) in [6, 6.07) is 42.6. The first-order valence-corrected chi connectivity index (χ1v) is 15.1. The molecule has 0 saturated heterocycles. The Balaban J connectivity index is 1.22. The summed E-state index contributed by atoms with van der Waals surface area (Å²) >= 11 is 7.24. The van der Waals surface area contributed by atoms with Crippen LogP contribution in [0.5, 0.6) is 11.5 Å². The summed E-state index contributed by atoms with van der Waals surface area (Å²) in [7, 11) is 0. The van der Waals surface area contributed by atoms with Crippen molar-refractivity contribution in [2.24, 2.45) is 0 Å². The number of para-hydroxylation sites is 2. The van der Waals surface area contributed by atoms with Gasteiger partial charge in [0.25, 0.3) is 5.91 Å². The molecule has 0 bridgehead atoms. The van der Waals surface area contributed by atoms with E-state index >= 15 is 0 Å². The Morgan fingerprint density at radius 3 is 2.04 bits per heavy atom. The van der Waals surface area contributed by atoms with Crippen LogP contribution in [0.15, 0.2) is 150 Å². The summed E-state index contributed by atoms with van der Waals surface area (Å²) in [5.74, 6) is 1.22. The lowest BCUT2D eigenvalue weighted by Gasteiger charge is -2.34. The van der Waals surface area contributed by atoms with Gasteiger partial charge in [-0.05, 0) is 54.1 Å². The minimum Gasteiger partial charge on any atom is -0.480 e. The van der Waals surface area contributed by atoms with Crippen LogP contribution in [-0.4, -0.2) is 10.9 Å². The molecule has 7 heteroatoms. The van der Waals surface area contributed by atoms with E-state index < -0.39 is 12.2 Å². The first-order chi connectivity index (χ1) is 22.2. The third-order valence-corrected chi connectivity index (χ3v) is 8.28. The number of anilines is 1. The van der Waals surface area contributed by atoms with E-state index in [0.29, 0.717) is 34.3 Å². The molecule has 0 spiro atoms. The first-order valence-electron chi connectivity index (χ1n) is 14.8. The van der Waals surface area contributed by atoms with Gasteiger partial charge in [0.05, 0.1) is 16.4 Å². The van der Waals surface area contributed by atoms with Crippen LogP contribution in [0.1, 0.15) is 39.3 Å². The zero-order valence-corrected chi connectivity index (χ0v) is 25.0. The molecular formula is C38H30ClN3O3. The van der Waals surface area contributed by atoms with Gasteiger partial charge in [0, 0.05) is 40.3 Å². The van der Waals surface area contributed by atoms with Crippen LogP contribution in [-0.2, 0) is 6.54 Å². The second-order valence-electron chi connectivity index (χ2n) is 10.7. The van der Waals surface area contributed by atoms with Crippen LogP contribution < -0.4 is 20.1 Å². The van der Waals surface area contributed by atoms with Gasteiger partial charge >= 0.3 is 0 Å². The van der Waals surface area contributed by atoms with Gasteiger partial charge in [-0.25, -0.2) is 0 Å². The number of H-pyrrole nitrogens is 1. The molecule has 1 heterocycles. The number of carbonyl (C=O) groups excluding carboxylic acids is 1. The third kappa shape index (κ3) is 5.88. The number of hydrogen-bond donors (Lipinski definition) is 3. The highest BCUT2D eigenvalue weighted by Gasteiger charge is 2.37. The number of rotatable bonds is 9. The van der Waals surface area contributed by atoms with Gasteiger partial charge in [0.2, 0.25) is 0 Å². The number of hydrogen-bond acceptors (Lipinski definition) is 4. The standard InChI is InChI=1S/C38H30ClN3O3/c39-34-35(41-24-25-12-7-8-17-28(25)38(43)42-33-21-11-20-32-31(33)22-23-40-32)37(45-27-15-5-2-6-16-27)30-19-10-9-18-29(30)36(34)44-26-13-3-1-4-14-26/h1-23,36-37,40-41H,24H2,(H,42,43). The van der Waals surface area contributed by atoms with Crippen LogP contribution in [0.3, 0.4) is 0 Å². The molecule has 2 atom stereocenters. The number of halogens is 1. The van der Waals surface area contributed by atoms with Crippen LogP contribution >= 0.6 is 11.6 Å². The molecule has 0 radical (unpaired) electrons. The minimum absolute atomic E-state index is 0.197. The van der Waals surface area contributed by atoms with Crippen molar-refractivity contribution in [3.05, 3.63) is 173 Å². The first kappa shape index (κ1) is 28.3. The van der Waals surface area contributed by atoms with E-state index in [1.807, 2.05) is 140 Å². The van der Waals surface area contributed by atoms with Crippen molar-refractivity contribution in [1.82, 2.24) is 10.3 Å². The fourth-order valence-electron chi connectivity index (χ4n) is 5.70. The molecule has 1 aliphatic carbocycles. The smallest absolute Gasteiger partial charge is 0.256 e. The largest absolute Gasteiger partial charge is 0.480 e. The maximum Gasteiger partial charge on any atom is 0.256 e. The molecule has 6 nitrogen and oxygen atoms in total. The second kappa shape index (κ2) is 12.6. The van der Waals surface area contributed by atoms with Crippen molar-refractivity contribution in [2.75, 3.05) is 5.32 Å². The summed E-state index contributed by atoms with van der Waals surface area (Å²) in [6.45, 7) is 0.332. The lowest BCUT2D eigenvalue weighted by molar-refractivity contribution is 0.102. The molecule has 1 amide bonds. The highest BCUT2D eigenvalue weighted by atomic mass is 35.5. The molecule has 5 aromatic carbocycles. The second-order valence-corrected chi connectivity index (χ2v) is 11.1. The van der Waals surface area contributed by atoms with Gasteiger partial charge in [-0.15, -0.1) is 0 Å². The highest BCUT2D eigenvalue weighted by Crippen LogP contribution is 2.45. The SMILES string of the molecule is O=C(Nc1cccc2[nH]ccc12)c1ccccc1CNC1=C(Cl)C(Oc2ccccc2)c2ccccc2C1Oc1ccccc1. The van der Waals surface area contributed by atoms with Crippen molar-refractivity contribution in [2.45, 2.75) is 18.8 Å². The van der Waals surface area contributed by atoms with Gasteiger partial charge in [-0.1, -0.05) is 96.5 Å². The van der Waals surface area contributed by atoms with Crippen LogP contribution in [0.2, 0.25) is 0 Å². The van der Waals surface area contributed by atoms with Gasteiger partial charge in [0.15, 0.2) is 12.2 Å². The molecule has 222 valence electrons. The molecule has 45 heavy (non-hydrogen) atoms. The van der Waals surface area contributed by atoms with E-state index in [4.69, 9.17) is 21.1 Å². The van der Waals surface area contributed by atoms with Gasteiger partial charge < -0.3 is 25.1 Å². The number of carbonyl (C=O) groups is 1. The Morgan fingerprint density at radius 1 is 0.689 bits per heavy atom. The lowest BCUT2D eigenvalue weighted by atomic mass is 9.89. The Kier molecular flexibility index (Phi) is 7.96. The highest BCUT2D eigenvalue weighted by molar-refractivity contribution is 6.30. The van der Waals surface area contributed by atoms with Crippen molar-refractivity contribution in [3.63, 3.8) is 0 Å². The van der Waals surface area contributed by atoms with E-state index in [-0.39, 0.29) is 5.91 Å². The molecule has 0 saturated carbocycles. The van der Waals surface area contributed by atoms with E-state index in [1.54, 1.807) is 0 Å². The summed E-state index contributed by atoms with van der Waals surface area (Å²) in [4.78, 5) is 16.8. The van der Waals surface area contributed by atoms with E-state index in [9.17, 15) is 4.79 Å². The monoisotopic (exact) mass is 611 g/mol. The van der Waals surface area contributed by atoms with Crippen molar-refractivity contribution >= 4 is 34.1 Å². The molecule has 1 aliphatic rings. The fourth-order valence-corrected chi connectivity index (χ4v) is 6.03. The molecular weight excluding hydrogens is 582 g/mol. The zero-order chi connectivity index (χ0) is 30.6. The summed E-state index contributed by atoms with van der Waals surface area (Å²) in [5, 5.41) is 8.09. The molecule has 7 rings (SSSR count). The molecule has 6 aromatic rings. The Morgan fingerprint density at radius 2 is 1.31 bits per heavy atom. The van der Waals surface area contributed by atoms with E-state index in [2.05, 4.69) is 15.6 Å². The Hall–Kier alpha value is -5.46. The van der Waals surface area contributed by atoms with Gasteiger partial charge in [0.1, 0.15) is 11.5 Å². The lowest BCUT2D eigenvalue weighted by Crippen LogP contribution is -2.31. The Labute approximate surface area is 266 Å². The average molecular weight is 612 g/mol. The topological polar surface area (TPSA) is 75.4 Å². The molecule has 3 N–H and O–H groups in total. The van der Waals surface area contributed by atoms with Crippen LogP contribution in [0, 0.1) is 0 Å². The van der Waals surface area contributed by atoms with E-state index in [0.717, 1.165) is 33.3 Å². The quantitative estimate of drug-likeness (QED) is 0.153. The Bertz CT molecular complexity index is 1990. The predicted octanol–water partition coefficient (Wildman–Crippen LogP) is 8.91. The summed E-state index contributed by atoms with van der Waals surface area (Å²) < 4.78 is 13.1. The molecule has 0 aliphatic heterocycles. The normalized spacial score (nSPS) is 15.8. The maximum absolute atomic E-state index is 13.6. The number of aromatic amines is 1. The number of ether oxygens (including phenoxy) is 2. The number of fused-ring (bicyclic) bond motifs is 2. The number of nitrogens with one attached hydrogen (secondary N) is 3. The number of aromatic nitrogens is 1. The van der Waals surface area contributed by atoms with Crippen LogP contribution in [0.25, 0.3) is 10.9 Å². The molecule has 1 aromatic heterocycles. The summed E-state index contributed by atoms with van der Waals surface area (Å²) in [6.07, 6.45) is 0.781. The predicted molar refractivity (Wildman–Crippen MR) is 178 cm³/mol.